The van der Waals surface area contributed by atoms with Crippen LogP contribution in [0.5, 0.6) is 0 Å². The molecule has 0 spiro atoms. The summed E-state index contributed by atoms with van der Waals surface area (Å²) in [6, 6.07) is 11.6. The van der Waals surface area contributed by atoms with Crippen LogP contribution in [0.3, 0.4) is 0 Å². The highest BCUT2D eigenvalue weighted by molar-refractivity contribution is 6.12. The van der Waals surface area contributed by atoms with Crippen molar-refractivity contribution >= 4 is 22.8 Å². The smallest absolute Gasteiger partial charge is 0.265 e. The Morgan fingerprint density at radius 1 is 1.23 bits per heavy atom. The second-order valence-corrected chi connectivity index (χ2v) is 7.14. The lowest BCUT2D eigenvalue weighted by molar-refractivity contribution is 0.102. The maximum absolute atomic E-state index is 13.0. The van der Waals surface area contributed by atoms with Crippen LogP contribution in [0.15, 0.2) is 58.1 Å². The van der Waals surface area contributed by atoms with Crippen LogP contribution < -0.4 is 10.9 Å². The van der Waals surface area contributed by atoms with Gasteiger partial charge in [0.25, 0.3) is 11.5 Å². The van der Waals surface area contributed by atoms with Gasteiger partial charge in [0.1, 0.15) is 17.5 Å². The van der Waals surface area contributed by atoms with E-state index < -0.39 is 5.91 Å². The Hall–Kier alpha value is -3.72. The first-order valence-corrected chi connectivity index (χ1v) is 9.93. The number of furan rings is 1. The van der Waals surface area contributed by atoms with Gasteiger partial charge in [0.05, 0.1) is 12.1 Å². The van der Waals surface area contributed by atoms with Gasteiger partial charge in [0.15, 0.2) is 5.82 Å². The van der Waals surface area contributed by atoms with E-state index in [1.165, 1.54) is 10.9 Å². The molecule has 160 valence electrons. The molecule has 4 aromatic rings. The van der Waals surface area contributed by atoms with Gasteiger partial charge in [-0.2, -0.15) is 5.10 Å². The lowest BCUT2D eigenvalue weighted by Crippen LogP contribution is -2.23. The number of aryl methyl sites for hydroxylation is 2. The first-order valence-electron chi connectivity index (χ1n) is 9.93. The quantitative estimate of drug-likeness (QED) is 0.439. The van der Waals surface area contributed by atoms with E-state index in [0.29, 0.717) is 37.7 Å². The Bertz CT molecular complexity index is 1260. The van der Waals surface area contributed by atoms with E-state index in [4.69, 9.17) is 9.15 Å². The molecule has 31 heavy (non-hydrogen) atoms. The van der Waals surface area contributed by atoms with Crippen molar-refractivity contribution in [1.82, 2.24) is 19.3 Å². The average molecular weight is 421 g/mol. The lowest BCUT2D eigenvalue weighted by atomic mass is 10.2. The van der Waals surface area contributed by atoms with E-state index in [0.717, 1.165) is 5.56 Å². The molecule has 4 rings (SSSR count). The molecule has 9 nitrogen and oxygen atoms in total. The summed E-state index contributed by atoms with van der Waals surface area (Å²) in [5.41, 5.74) is 1.09. The topological polar surface area (TPSA) is 104 Å². The Morgan fingerprint density at radius 2 is 2.03 bits per heavy atom. The summed E-state index contributed by atoms with van der Waals surface area (Å²) in [4.78, 5) is 30.1. The van der Waals surface area contributed by atoms with Crippen molar-refractivity contribution in [2.75, 3.05) is 19.0 Å². The van der Waals surface area contributed by atoms with Crippen molar-refractivity contribution in [2.45, 2.75) is 26.4 Å². The van der Waals surface area contributed by atoms with Gasteiger partial charge < -0.3 is 14.5 Å². The molecule has 3 aromatic heterocycles. The fourth-order valence-electron chi connectivity index (χ4n) is 3.42. The minimum absolute atomic E-state index is 0.144. The number of carbonyl (C=O) groups excluding carboxylic acids is 1. The largest absolute Gasteiger partial charge is 0.442 e. The van der Waals surface area contributed by atoms with Crippen LogP contribution in [0.25, 0.3) is 11.1 Å². The zero-order valence-corrected chi connectivity index (χ0v) is 17.4. The number of rotatable bonds is 8. The van der Waals surface area contributed by atoms with E-state index in [2.05, 4.69) is 15.4 Å². The monoisotopic (exact) mass is 421 g/mol. The highest BCUT2D eigenvalue weighted by Gasteiger charge is 2.23. The zero-order chi connectivity index (χ0) is 21.8. The minimum atomic E-state index is -0.463. The number of hydrogen-bond donors (Lipinski definition) is 1. The van der Waals surface area contributed by atoms with Crippen LogP contribution in [0, 0.1) is 6.92 Å². The summed E-state index contributed by atoms with van der Waals surface area (Å²) in [6.07, 6.45) is 3.87. The molecule has 0 aliphatic heterocycles. The molecule has 0 aliphatic rings. The number of aromatic nitrogens is 4. The van der Waals surface area contributed by atoms with Gasteiger partial charge >= 0.3 is 0 Å². The van der Waals surface area contributed by atoms with Crippen molar-refractivity contribution in [3.8, 4) is 0 Å². The number of ether oxygens (including phenoxy) is 1. The van der Waals surface area contributed by atoms with Gasteiger partial charge in [-0.1, -0.05) is 30.3 Å². The first kappa shape index (κ1) is 20.5. The van der Waals surface area contributed by atoms with Crippen molar-refractivity contribution < 1.29 is 13.9 Å². The molecule has 0 fully saturated rings. The van der Waals surface area contributed by atoms with Crippen molar-refractivity contribution in [3.63, 3.8) is 0 Å². The zero-order valence-electron chi connectivity index (χ0n) is 17.4. The Labute approximate surface area is 178 Å². The predicted octanol–water partition coefficient (Wildman–Crippen LogP) is 2.83. The van der Waals surface area contributed by atoms with Crippen molar-refractivity contribution in [1.29, 1.82) is 0 Å². The number of anilines is 1. The third-order valence-electron chi connectivity index (χ3n) is 4.90. The minimum Gasteiger partial charge on any atom is -0.442 e. The predicted molar refractivity (Wildman–Crippen MR) is 115 cm³/mol. The summed E-state index contributed by atoms with van der Waals surface area (Å²) in [5.74, 6) is 0.254. The maximum Gasteiger partial charge on any atom is 0.265 e. The highest BCUT2D eigenvalue weighted by atomic mass is 16.5. The molecule has 1 aromatic carbocycles. The fraction of sp³-hybridized carbons (Fsp3) is 0.273. The summed E-state index contributed by atoms with van der Waals surface area (Å²) < 4.78 is 13.8. The van der Waals surface area contributed by atoms with E-state index in [-0.39, 0.29) is 22.2 Å². The molecule has 0 saturated carbocycles. The molecular weight excluding hydrogens is 398 g/mol. The third kappa shape index (κ3) is 4.41. The Balaban J connectivity index is 1.57. The molecule has 1 amide bonds. The van der Waals surface area contributed by atoms with Gasteiger partial charge in [-0.15, -0.1) is 0 Å². The number of amides is 1. The Kier molecular flexibility index (Phi) is 5.94. The number of fused-ring (bicyclic) bond motifs is 1. The third-order valence-corrected chi connectivity index (χ3v) is 4.90. The second kappa shape index (κ2) is 8.97. The van der Waals surface area contributed by atoms with Gasteiger partial charge in [0, 0.05) is 32.5 Å². The molecule has 0 atom stereocenters. The SMILES string of the molecule is COCCCn1cnc2oc(C)c(C(=O)Nc3ccn(Cc4ccccc4)n3)c2c1=O. The van der Waals surface area contributed by atoms with Crippen molar-refractivity contribution in [3.05, 3.63) is 76.2 Å². The van der Waals surface area contributed by atoms with Gasteiger partial charge in [0.2, 0.25) is 5.71 Å². The molecule has 9 heteroatoms. The molecule has 0 unspecified atom stereocenters. The van der Waals surface area contributed by atoms with Crippen LogP contribution in [-0.4, -0.2) is 39.0 Å². The number of carbonyl (C=O) groups is 1. The van der Waals surface area contributed by atoms with E-state index >= 15 is 0 Å². The van der Waals surface area contributed by atoms with Crippen LogP contribution in [0.1, 0.15) is 28.1 Å². The number of benzene rings is 1. The van der Waals surface area contributed by atoms with Crippen LogP contribution >= 0.6 is 0 Å². The molecule has 0 saturated heterocycles. The Morgan fingerprint density at radius 3 is 2.81 bits per heavy atom. The fourth-order valence-corrected chi connectivity index (χ4v) is 3.42. The van der Waals surface area contributed by atoms with Crippen molar-refractivity contribution in [2.24, 2.45) is 0 Å². The standard InChI is InChI=1S/C22H23N5O4/c1-15-18(19-21(31-15)23-14-26(22(19)29)10-6-12-30-2)20(28)24-17-9-11-27(25-17)13-16-7-4-3-5-8-16/h3-5,7-9,11,14H,6,10,12-13H2,1-2H3,(H,24,25,28). The van der Waals surface area contributed by atoms with Gasteiger partial charge in [-0.25, -0.2) is 4.98 Å². The summed E-state index contributed by atoms with van der Waals surface area (Å²) in [6.45, 7) is 3.18. The van der Waals surface area contributed by atoms with E-state index in [9.17, 15) is 9.59 Å². The summed E-state index contributed by atoms with van der Waals surface area (Å²) in [7, 11) is 1.60. The summed E-state index contributed by atoms with van der Waals surface area (Å²) >= 11 is 0. The highest BCUT2D eigenvalue weighted by Crippen LogP contribution is 2.22. The molecule has 0 aliphatic carbocycles. The number of methoxy groups -OCH3 is 1. The second-order valence-electron chi connectivity index (χ2n) is 7.14. The lowest BCUT2D eigenvalue weighted by Gasteiger charge is -2.05. The summed E-state index contributed by atoms with van der Waals surface area (Å²) in [5, 5.41) is 7.32. The average Bonchev–Trinajstić information content (AvgIpc) is 3.34. The molecule has 0 bridgehead atoms. The van der Waals surface area contributed by atoms with Crippen LogP contribution in [0.4, 0.5) is 5.82 Å². The normalized spacial score (nSPS) is 11.2. The van der Waals surface area contributed by atoms with Gasteiger partial charge in [-0.3, -0.25) is 18.8 Å². The first-order chi connectivity index (χ1) is 15.1. The van der Waals surface area contributed by atoms with Crippen LogP contribution in [-0.2, 0) is 17.8 Å². The number of nitrogens with zero attached hydrogens (tertiary/aromatic N) is 4. The molecule has 3 heterocycles. The van der Waals surface area contributed by atoms with E-state index in [1.807, 2.05) is 30.3 Å². The number of nitrogens with one attached hydrogen (secondary N) is 1. The van der Waals surface area contributed by atoms with Gasteiger partial charge in [-0.05, 0) is 18.9 Å². The molecule has 0 radical (unpaired) electrons. The van der Waals surface area contributed by atoms with Crippen LogP contribution in [0.2, 0.25) is 0 Å². The van der Waals surface area contributed by atoms with E-state index in [1.54, 1.807) is 31.0 Å². The molecule has 1 N–H and O–H groups in total. The number of hydrogen-bond acceptors (Lipinski definition) is 6. The molecular formula is C22H23N5O4. The maximum atomic E-state index is 13.0.